The molecule has 0 spiro atoms. The molecule has 0 aromatic rings. The molecule has 0 bridgehead atoms. The summed E-state index contributed by atoms with van der Waals surface area (Å²) in [7, 11) is 0. The topological polar surface area (TPSA) is 57.5 Å². The highest BCUT2D eigenvalue weighted by Crippen LogP contribution is 2.13. The number of aliphatic carboxylic acids is 1. The van der Waals surface area contributed by atoms with Crippen LogP contribution in [0.3, 0.4) is 0 Å². The highest BCUT2D eigenvalue weighted by atomic mass is 16.4. The SMILES string of the molecule is CCCCC(C)(O)C#CCCCCCCCCCCCCC(=O)O. The predicted molar refractivity (Wildman–Crippen MR) is 101 cm³/mol. The van der Waals surface area contributed by atoms with Crippen LogP contribution in [0.4, 0.5) is 0 Å². The van der Waals surface area contributed by atoms with Gasteiger partial charge in [-0.2, -0.15) is 0 Å². The van der Waals surface area contributed by atoms with Crippen molar-refractivity contribution in [2.45, 2.75) is 116 Å². The van der Waals surface area contributed by atoms with E-state index in [1.165, 1.54) is 44.9 Å². The van der Waals surface area contributed by atoms with E-state index in [0.29, 0.717) is 6.42 Å². The van der Waals surface area contributed by atoms with Gasteiger partial charge in [0.1, 0.15) is 5.60 Å². The zero-order valence-electron chi connectivity index (χ0n) is 15.9. The molecule has 0 aromatic heterocycles. The lowest BCUT2D eigenvalue weighted by atomic mass is 9.99. The highest BCUT2D eigenvalue weighted by molar-refractivity contribution is 5.66. The van der Waals surface area contributed by atoms with Gasteiger partial charge in [-0.15, -0.1) is 5.92 Å². The first-order valence-electron chi connectivity index (χ1n) is 9.92. The maximum atomic E-state index is 10.4. The minimum Gasteiger partial charge on any atom is -0.481 e. The van der Waals surface area contributed by atoms with Crippen LogP contribution in [0.1, 0.15) is 110 Å². The zero-order chi connectivity index (χ0) is 18.1. The number of aliphatic hydroxyl groups is 1. The smallest absolute Gasteiger partial charge is 0.303 e. The molecule has 140 valence electrons. The average molecular weight is 339 g/mol. The second kappa shape index (κ2) is 15.5. The van der Waals surface area contributed by atoms with Gasteiger partial charge in [0.15, 0.2) is 0 Å². The van der Waals surface area contributed by atoms with Gasteiger partial charge in [-0.3, -0.25) is 4.79 Å². The Hall–Kier alpha value is -1.01. The first kappa shape index (κ1) is 23.0. The monoisotopic (exact) mass is 338 g/mol. The summed E-state index contributed by atoms with van der Waals surface area (Å²) in [6.45, 7) is 3.94. The van der Waals surface area contributed by atoms with Gasteiger partial charge < -0.3 is 10.2 Å². The largest absolute Gasteiger partial charge is 0.481 e. The predicted octanol–water partition coefficient (Wildman–Crippen LogP) is 5.70. The lowest BCUT2D eigenvalue weighted by molar-refractivity contribution is -0.137. The Bertz CT molecular complexity index is 363. The van der Waals surface area contributed by atoms with Crippen molar-refractivity contribution in [3.63, 3.8) is 0 Å². The van der Waals surface area contributed by atoms with E-state index in [-0.39, 0.29) is 0 Å². The summed E-state index contributed by atoms with van der Waals surface area (Å²) in [6, 6.07) is 0. The third-order valence-corrected chi connectivity index (χ3v) is 4.32. The molecule has 0 fully saturated rings. The van der Waals surface area contributed by atoms with Crippen LogP contribution in [-0.2, 0) is 4.79 Å². The molecule has 24 heavy (non-hydrogen) atoms. The van der Waals surface area contributed by atoms with Gasteiger partial charge in [0.05, 0.1) is 0 Å². The molecule has 0 heterocycles. The van der Waals surface area contributed by atoms with Crippen LogP contribution in [0.2, 0.25) is 0 Å². The second-order valence-electron chi connectivity index (χ2n) is 7.11. The summed E-state index contributed by atoms with van der Waals surface area (Å²) < 4.78 is 0. The number of unbranched alkanes of at least 4 members (excludes halogenated alkanes) is 11. The van der Waals surface area contributed by atoms with Gasteiger partial charge in [-0.25, -0.2) is 0 Å². The fourth-order valence-electron chi connectivity index (χ4n) is 2.74. The number of rotatable bonds is 15. The van der Waals surface area contributed by atoms with Crippen LogP contribution in [0.5, 0.6) is 0 Å². The van der Waals surface area contributed by atoms with E-state index in [4.69, 9.17) is 5.11 Å². The number of hydrogen-bond acceptors (Lipinski definition) is 2. The molecular formula is C21H38O3. The summed E-state index contributed by atoms with van der Waals surface area (Å²) in [4.78, 5) is 10.4. The maximum Gasteiger partial charge on any atom is 0.303 e. The Labute approximate surface area is 149 Å². The van der Waals surface area contributed by atoms with Crippen LogP contribution in [0.15, 0.2) is 0 Å². The Kier molecular flexibility index (Phi) is 14.9. The van der Waals surface area contributed by atoms with Gasteiger partial charge in [-0.05, 0) is 32.6 Å². The van der Waals surface area contributed by atoms with Gasteiger partial charge in [0.2, 0.25) is 0 Å². The standard InChI is InChI=1S/C21H38O3/c1-3-4-18-21(2,24)19-16-14-12-10-8-6-5-7-9-11-13-15-17-20(22)23/h24H,3-15,17-18H2,1-2H3,(H,22,23). The summed E-state index contributed by atoms with van der Waals surface area (Å²) in [6.07, 6.45) is 15.9. The maximum absolute atomic E-state index is 10.4. The van der Waals surface area contributed by atoms with Gasteiger partial charge in [0, 0.05) is 12.8 Å². The minimum absolute atomic E-state index is 0.316. The van der Waals surface area contributed by atoms with E-state index in [0.717, 1.165) is 44.9 Å². The minimum atomic E-state index is -0.805. The second-order valence-corrected chi connectivity index (χ2v) is 7.11. The quantitative estimate of drug-likeness (QED) is 0.297. The van der Waals surface area contributed by atoms with E-state index < -0.39 is 11.6 Å². The van der Waals surface area contributed by atoms with Crippen LogP contribution < -0.4 is 0 Å². The van der Waals surface area contributed by atoms with E-state index >= 15 is 0 Å². The fraction of sp³-hybridized carbons (Fsp3) is 0.857. The molecule has 2 N–H and O–H groups in total. The van der Waals surface area contributed by atoms with Crippen molar-refractivity contribution in [2.24, 2.45) is 0 Å². The Morgan fingerprint density at radius 2 is 1.38 bits per heavy atom. The molecule has 0 rings (SSSR count). The van der Waals surface area contributed by atoms with E-state index in [2.05, 4.69) is 18.8 Å². The van der Waals surface area contributed by atoms with Crippen LogP contribution >= 0.6 is 0 Å². The molecule has 0 aliphatic rings. The third-order valence-electron chi connectivity index (χ3n) is 4.32. The van der Waals surface area contributed by atoms with E-state index in [1.807, 2.05) is 6.92 Å². The first-order valence-corrected chi connectivity index (χ1v) is 9.92. The van der Waals surface area contributed by atoms with Crippen LogP contribution in [0.25, 0.3) is 0 Å². The molecule has 3 nitrogen and oxygen atoms in total. The fourth-order valence-corrected chi connectivity index (χ4v) is 2.74. The molecule has 0 aromatic carbocycles. The molecule has 1 atom stereocenters. The Balaban J connectivity index is 3.33. The van der Waals surface area contributed by atoms with Crippen molar-refractivity contribution in [1.82, 2.24) is 0 Å². The van der Waals surface area contributed by atoms with Crippen molar-refractivity contribution in [3.05, 3.63) is 0 Å². The summed E-state index contributed by atoms with van der Waals surface area (Å²) in [5.41, 5.74) is -0.805. The van der Waals surface area contributed by atoms with Crippen molar-refractivity contribution in [3.8, 4) is 11.8 Å². The van der Waals surface area contributed by atoms with Crippen LogP contribution in [0, 0.1) is 11.8 Å². The van der Waals surface area contributed by atoms with Crippen LogP contribution in [-0.4, -0.2) is 21.8 Å². The van der Waals surface area contributed by atoms with E-state index in [9.17, 15) is 9.90 Å². The summed E-state index contributed by atoms with van der Waals surface area (Å²) >= 11 is 0. The Morgan fingerprint density at radius 3 is 1.88 bits per heavy atom. The molecule has 0 aliphatic heterocycles. The Morgan fingerprint density at radius 1 is 0.875 bits per heavy atom. The lowest BCUT2D eigenvalue weighted by Crippen LogP contribution is -2.20. The zero-order valence-corrected chi connectivity index (χ0v) is 15.9. The summed E-state index contributed by atoms with van der Waals surface area (Å²) in [5, 5.41) is 18.6. The van der Waals surface area contributed by atoms with Crippen molar-refractivity contribution in [1.29, 1.82) is 0 Å². The number of carboxylic acid groups (broad SMARTS) is 1. The average Bonchev–Trinajstić information content (AvgIpc) is 2.53. The number of carboxylic acids is 1. The molecule has 0 saturated carbocycles. The van der Waals surface area contributed by atoms with Gasteiger partial charge >= 0.3 is 5.97 Å². The summed E-state index contributed by atoms with van der Waals surface area (Å²) in [5.74, 6) is 5.46. The number of carbonyl (C=O) groups is 1. The molecule has 0 radical (unpaired) electrons. The molecule has 3 heteroatoms. The van der Waals surface area contributed by atoms with Crippen molar-refractivity contribution < 1.29 is 15.0 Å². The molecule has 0 aliphatic carbocycles. The first-order chi connectivity index (χ1) is 11.5. The normalized spacial score (nSPS) is 13.1. The number of hydrogen-bond donors (Lipinski definition) is 2. The van der Waals surface area contributed by atoms with Gasteiger partial charge in [-0.1, -0.05) is 70.6 Å². The van der Waals surface area contributed by atoms with E-state index in [1.54, 1.807) is 0 Å². The third kappa shape index (κ3) is 17.3. The highest BCUT2D eigenvalue weighted by Gasteiger charge is 2.14. The van der Waals surface area contributed by atoms with Gasteiger partial charge in [0.25, 0.3) is 0 Å². The molecule has 0 saturated heterocycles. The van der Waals surface area contributed by atoms with Crippen molar-refractivity contribution in [2.75, 3.05) is 0 Å². The molecule has 0 amide bonds. The molecule has 1 unspecified atom stereocenters. The lowest BCUT2D eigenvalue weighted by Gasteiger charge is -2.15. The van der Waals surface area contributed by atoms with Crippen molar-refractivity contribution >= 4 is 5.97 Å². The molecular weight excluding hydrogens is 300 g/mol.